The smallest absolute Gasteiger partial charge is 0.244 e. The molecule has 2 aromatic carbocycles. The molecule has 0 spiro atoms. The molecule has 2 aromatic heterocycles. The SMILES string of the molecule is C[C@H](Sc1nnnn1C)C(=O)n1c2ccccc2c2ccccc21. The Morgan fingerprint density at radius 1 is 1.04 bits per heavy atom. The summed E-state index contributed by atoms with van der Waals surface area (Å²) < 4.78 is 3.37. The maximum atomic E-state index is 13.1. The van der Waals surface area contributed by atoms with Crippen LogP contribution < -0.4 is 0 Å². The minimum atomic E-state index is -0.311. The van der Waals surface area contributed by atoms with E-state index >= 15 is 0 Å². The Morgan fingerprint density at radius 2 is 1.62 bits per heavy atom. The summed E-state index contributed by atoms with van der Waals surface area (Å²) >= 11 is 1.36. The fraction of sp³-hybridized carbons (Fsp3) is 0.176. The van der Waals surface area contributed by atoms with Gasteiger partial charge in [-0.1, -0.05) is 48.2 Å². The predicted octanol–water partition coefficient (Wildman–Crippen LogP) is 3.14. The zero-order valence-electron chi connectivity index (χ0n) is 13.2. The first kappa shape index (κ1) is 14.9. The summed E-state index contributed by atoms with van der Waals surface area (Å²) in [5.41, 5.74) is 1.85. The van der Waals surface area contributed by atoms with Crippen molar-refractivity contribution >= 4 is 39.5 Å². The zero-order chi connectivity index (χ0) is 16.7. The highest BCUT2D eigenvalue weighted by Gasteiger charge is 2.23. The van der Waals surface area contributed by atoms with Crippen molar-refractivity contribution in [2.75, 3.05) is 0 Å². The Kier molecular flexibility index (Phi) is 3.57. The summed E-state index contributed by atoms with van der Waals surface area (Å²) in [6.07, 6.45) is 0. The molecule has 7 heteroatoms. The number of fused-ring (bicyclic) bond motifs is 3. The van der Waals surface area contributed by atoms with Crippen LogP contribution in [0.3, 0.4) is 0 Å². The van der Waals surface area contributed by atoms with Gasteiger partial charge in [0.15, 0.2) is 0 Å². The van der Waals surface area contributed by atoms with Crippen LogP contribution in [0.5, 0.6) is 0 Å². The molecule has 0 saturated heterocycles. The zero-order valence-corrected chi connectivity index (χ0v) is 14.1. The third-order valence-corrected chi connectivity index (χ3v) is 5.12. The molecule has 0 amide bonds. The van der Waals surface area contributed by atoms with E-state index in [0.717, 1.165) is 21.8 Å². The number of carbonyl (C=O) groups excluding carboxylic acids is 1. The Morgan fingerprint density at radius 3 is 2.17 bits per heavy atom. The monoisotopic (exact) mass is 337 g/mol. The van der Waals surface area contributed by atoms with Crippen molar-refractivity contribution in [3.05, 3.63) is 48.5 Å². The maximum Gasteiger partial charge on any atom is 0.244 e. The summed E-state index contributed by atoms with van der Waals surface area (Å²) in [6.45, 7) is 1.88. The normalized spacial score (nSPS) is 12.8. The molecule has 0 aliphatic carbocycles. The number of benzene rings is 2. The standard InChI is InChI=1S/C17H15N5OS/c1-11(24-17-18-19-20-21(17)2)16(23)22-14-9-5-3-7-12(14)13-8-4-6-10-15(13)22/h3-11H,1-2H3/t11-/m0/s1. The van der Waals surface area contributed by atoms with Gasteiger partial charge in [0.25, 0.3) is 0 Å². The largest absolute Gasteiger partial charge is 0.279 e. The van der Waals surface area contributed by atoms with Gasteiger partial charge in [-0.2, -0.15) is 0 Å². The topological polar surface area (TPSA) is 65.6 Å². The number of aromatic nitrogens is 5. The quantitative estimate of drug-likeness (QED) is 0.537. The van der Waals surface area contributed by atoms with E-state index in [2.05, 4.69) is 15.5 Å². The Hall–Kier alpha value is -2.67. The van der Waals surface area contributed by atoms with Crippen LogP contribution in [0.15, 0.2) is 53.7 Å². The first-order valence-corrected chi connectivity index (χ1v) is 8.46. The van der Waals surface area contributed by atoms with Gasteiger partial charge in [-0.15, -0.1) is 5.10 Å². The summed E-state index contributed by atoms with van der Waals surface area (Å²) in [6, 6.07) is 15.9. The van der Waals surface area contributed by atoms with Crippen LogP contribution >= 0.6 is 11.8 Å². The third kappa shape index (κ3) is 2.28. The second-order valence-electron chi connectivity index (χ2n) is 5.55. The van der Waals surface area contributed by atoms with Crippen molar-refractivity contribution in [1.82, 2.24) is 24.8 Å². The van der Waals surface area contributed by atoms with E-state index < -0.39 is 0 Å². The lowest BCUT2D eigenvalue weighted by molar-refractivity contribution is 0.0925. The van der Waals surface area contributed by atoms with Gasteiger partial charge in [0.05, 0.1) is 16.3 Å². The molecule has 24 heavy (non-hydrogen) atoms. The highest BCUT2D eigenvalue weighted by Crippen LogP contribution is 2.31. The minimum absolute atomic E-state index is 0.0143. The van der Waals surface area contributed by atoms with Crippen molar-refractivity contribution < 1.29 is 4.79 Å². The summed E-state index contributed by atoms with van der Waals surface area (Å²) in [5, 5.41) is 13.9. The number of thioether (sulfide) groups is 1. The molecule has 0 bridgehead atoms. The van der Waals surface area contributed by atoms with Crippen LogP contribution in [0.2, 0.25) is 0 Å². The van der Waals surface area contributed by atoms with Gasteiger partial charge in [-0.3, -0.25) is 9.36 Å². The highest BCUT2D eigenvalue weighted by atomic mass is 32.2. The summed E-state index contributed by atoms with van der Waals surface area (Å²) in [7, 11) is 1.76. The van der Waals surface area contributed by atoms with Gasteiger partial charge in [-0.25, -0.2) is 4.68 Å². The van der Waals surface area contributed by atoms with Crippen molar-refractivity contribution in [3.63, 3.8) is 0 Å². The lowest BCUT2D eigenvalue weighted by Crippen LogP contribution is -2.21. The summed E-state index contributed by atoms with van der Waals surface area (Å²) in [5.74, 6) is 0.0143. The molecular weight excluding hydrogens is 322 g/mol. The molecule has 0 unspecified atom stereocenters. The van der Waals surface area contributed by atoms with E-state index in [1.807, 2.05) is 55.5 Å². The average Bonchev–Trinajstić information content (AvgIpc) is 3.15. The Bertz CT molecular complexity index is 998. The van der Waals surface area contributed by atoms with Gasteiger partial charge in [0.2, 0.25) is 11.1 Å². The minimum Gasteiger partial charge on any atom is -0.279 e. The van der Waals surface area contributed by atoms with Crippen LogP contribution in [0.25, 0.3) is 21.8 Å². The van der Waals surface area contributed by atoms with E-state index in [0.29, 0.717) is 5.16 Å². The first-order valence-electron chi connectivity index (χ1n) is 7.58. The molecule has 2 heterocycles. The molecule has 0 N–H and O–H groups in total. The highest BCUT2D eigenvalue weighted by molar-refractivity contribution is 8.00. The maximum absolute atomic E-state index is 13.1. The number of aryl methyl sites for hydroxylation is 1. The molecule has 120 valence electrons. The van der Waals surface area contributed by atoms with Crippen LogP contribution in [-0.4, -0.2) is 35.9 Å². The van der Waals surface area contributed by atoms with Gasteiger partial charge in [0.1, 0.15) is 0 Å². The second-order valence-corrected chi connectivity index (χ2v) is 6.86. The van der Waals surface area contributed by atoms with Gasteiger partial charge in [0, 0.05) is 17.8 Å². The van der Waals surface area contributed by atoms with E-state index in [-0.39, 0.29) is 11.2 Å². The van der Waals surface area contributed by atoms with E-state index in [9.17, 15) is 4.79 Å². The molecule has 4 rings (SSSR count). The van der Waals surface area contributed by atoms with Gasteiger partial charge in [-0.05, 0) is 29.5 Å². The summed E-state index contributed by atoms with van der Waals surface area (Å²) in [4.78, 5) is 13.1. The van der Waals surface area contributed by atoms with Gasteiger partial charge < -0.3 is 0 Å². The number of tetrazole rings is 1. The molecule has 0 radical (unpaired) electrons. The van der Waals surface area contributed by atoms with Crippen LogP contribution in [-0.2, 0) is 7.05 Å². The molecule has 0 saturated carbocycles. The van der Waals surface area contributed by atoms with Crippen LogP contribution in [0.4, 0.5) is 0 Å². The average molecular weight is 337 g/mol. The fourth-order valence-electron chi connectivity index (χ4n) is 2.87. The third-order valence-electron chi connectivity index (χ3n) is 4.01. The molecule has 0 aliphatic rings. The Balaban J connectivity index is 1.82. The van der Waals surface area contributed by atoms with Crippen molar-refractivity contribution in [3.8, 4) is 0 Å². The number of carbonyl (C=O) groups is 1. The van der Waals surface area contributed by atoms with Crippen molar-refractivity contribution in [2.24, 2.45) is 7.05 Å². The van der Waals surface area contributed by atoms with E-state index in [1.54, 1.807) is 16.3 Å². The second kappa shape index (κ2) is 5.76. The molecule has 0 fully saturated rings. The number of hydrogen-bond donors (Lipinski definition) is 0. The lowest BCUT2D eigenvalue weighted by atomic mass is 10.2. The first-order chi connectivity index (χ1) is 11.7. The molecule has 1 atom stereocenters. The number of hydrogen-bond acceptors (Lipinski definition) is 5. The fourth-order valence-corrected chi connectivity index (χ4v) is 3.67. The van der Waals surface area contributed by atoms with Gasteiger partial charge >= 0.3 is 0 Å². The van der Waals surface area contributed by atoms with E-state index in [1.165, 1.54) is 11.8 Å². The Labute approximate surface area is 142 Å². The molecule has 4 aromatic rings. The van der Waals surface area contributed by atoms with Crippen molar-refractivity contribution in [1.29, 1.82) is 0 Å². The molecule has 0 aliphatic heterocycles. The predicted molar refractivity (Wildman–Crippen MR) is 94.2 cm³/mol. The number of para-hydroxylation sites is 2. The van der Waals surface area contributed by atoms with Crippen LogP contribution in [0, 0.1) is 0 Å². The molecular formula is C17H15N5OS. The van der Waals surface area contributed by atoms with E-state index in [4.69, 9.17) is 0 Å². The van der Waals surface area contributed by atoms with Crippen molar-refractivity contribution in [2.45, 2.75) is 17.3 Å². The lowest BCUT2D eigenvalue weighted by Gasteiger charge is -2.12. The van der Waals surface area contributed by atoms with Crippen LogP contribution in [0.1, 0.15) is 11.7 Å². The molecule has 6 nitrogen and oxygen atoms in total. The number of rotatable bonds is 3. The number of nitrogens with zero attached hydrogens (tertiary/aromatic N) is 5.